The van der Waals surface area contributed by atoms with Gasteiger partial charge in [0.15, 0.2) is 0 Å². The van der Waals surface area contributed by atoms with Gasteiger partial charge in [0.05, 0.1) is 0 Å². The molecule has 1 aromatic heterocycles. The maximum atomic E-state index is 12.3. The molecule has 0 N–H and O–H groups in total. The third kappa shape index (κ3) is 3.59. The Labute approximate surface area is 148 Å². The standard InChI is InChI=1S/C18H27N3O2S/c22-17(14-2-1-3-14)21-9-4-15(5-10-21)20-11-6-16(7-12-20)23-18-19-8-13-24-18/h8,13-16H,1-7,9-12H2. The van der Waals surface area contributed by atoms with Crippen LogP contribution in [0.4, 0.5) is 0 Å². The minimum Gasteiger partial charge on any atom is -0.467 e. The SMILES string of the molecule is O=C(C1CCC1)N1CCC(N2CCC(Oc3nccs3)CC2)CC1. The minimum atomic E-state index is 0.313. The van der Waals surface area contributed by atoms with Crippen molar-refractivity contribution < 1.29 is 9.53 Å². The number of hydrogen-bond acceptors (Lipinski definition) is 5. The number of piperidine rings is 2. The summed E-state index contributed by atoms with van der Waals surface area (Å²) in [6, 6.07) is 0.649. The minimum absolute atomic E-state index is 0.313. The van der Waals surface area contributed by atoms with Gasteiger partial charge in [-0.2, -0.15) is 0 Å². The first-order valence-electron chi connectivity index (χ1n) is 9.38. The summed E-state index contributed by atoms with van der Waals surface area (Å²) in [6.07, 6.45) is 10.0. The van der Waals surface area contributed by atoms with Crippen LogP contribution in [0.1, 0.15) is 44.9 Å². The van der Waals surface area contributed by atoms with Gasteiger partial charge in [-0.3, -0.25) is 9.69 Å². The summed E-state index contributed by atoms with van der Waals surface area (Å²) in [6.45, 7) is 4.12. The lowest BCUT2D eigenvalue weighted by molar-refractivity contribution is -0.139. The van der Waals surface area contributed by atoms with E-state index in [1.165, 1.54) is 6.42 Å². The third-order valence-corrected chi connectivity index (χ3v) is 6.56. The summed E-state index contributed by atoms with van der Waals surface area (Å²) < 4.78 is 5.95. The Hall–Kier alpha value is -1.14. The van der Waals surface area contributed by atoms with Gasteiger partial charge in [0.25, 0.3) is 5.19 Å². The predicted octanol–water partition coefficient (Wildman–Crippen LogP) is 2.78. The van der Waals surface area contributed by atoms with E-state index in [9.17, 15) is 4.79 Å². The number of hydrogen-bond donors (Lipinski definition) is 0. The Kier molecular flexibility index (Phi) is 5.03. The van der Waals surface area contributed by atoms with E-state index in [4.69, 9.17) is 4.74 Å². The fourth-order valence-corrected chi connectivity index (χ4v) is 4.69. The first-order valence-corrected chi connectivity index (χ1v) is 10.3. The zero-order valence-electron chi connectivity index (χ0n) is 14.2. The van der Waals surface area contributed by atoms with E-state index in [0.717, 1.165) is 69.9 Å². The maximum Gasteiger partial charge on any atom is 0.273 e. The van der Waals surface area contributed by atoms with Gasteiger partial charge in [0.2, 0.25) is 5.91 Å². The Morgan fingerprint density at radius 2 is 1.83 bits per heavy atom. The van der Waals surface area contributed by atoms with Gasteiger partial charge in [0, 0.05) is 49.7 Å². The van der Waals surface area contributed by atoms with Gasteiger partial charge in [-0.05, 0) is 38.5 Å². The topological polar surface area (TPSA) is 45.7 Å². The average Bonchev–Trinajstić information content (AvgIpc) is 3.07. The zero-order chi connectivity index (χ0) is 16.4. The van der Waals surface area contributed by atoms with Gasteiger partial charge in [-0.25, -0.2) is 4.98 Å². The molecular weight excluding hydrogens is 322 g/mol. The highest BCUT2D eigenvalue weighted by atomic mass is 32.1. The number of amides is 1. The van der Waals surface area contributed by atoms with E-state index in [0.29, 0.717) is 24.0 Å². The van der Waals surface area contributed by atoms with Gasteiger partial charge >= 0.3 is 0 Å². The van der Waals surface area contributed by atoms with Crippen molar-refractivity contribution in [3.63, 3.8) is 0 Å². The number of aromatic nitrogens is 1. The largest absolute Gasteiger partial charge is 0.467 e. The number of rotatable bonds is 4. The van der Waals surface area contributed by atoms with Crippen molar-refractivity contribution in [2.75, 3.05) is 26.2 Å². The normalized spacial score (nSPS) is 24.8. The van der Waals surface area contributed by atoms with Crippen molar-refractivity contribution in [3.8, 4) is 5.19 Å². The zero-order valence-corrected chi connectivity index (χ0v) is 15.0. The smallest absolute Gasteiger partial charge is 0.273 e. The van der Waals surface area contributed by atoms with Crippen LogP contribution in [0.5, 0.6) is 5.19 Å². The summed E-state index contributed by atoms with van der Waals surface area (Å²) in [4.78, 5) is 21.3. The summed E-state index contributed by atoms with van der Waals surface area (Å²) in [5.41, 5.74) is 0. The van der Waals surface area contributed by atoms with E-state index in [2.05, 4.69) is 14.8 Å². The first-order chi connectivity index (χ1) is 11.8. The summed E-state index contributed by atoms with van der Waals surface area (Å²) in [5.74, 6) is 0.774. The molecule has 0 radical (unpaired) electrons. The molecule has 5 nitrogen and oxygen atoms in total. The number of carbonyl (C=O) groups is 1. The highest BCUT2D eigenvalue weighted by molar-refractivity contribution is 7.11. The van der Waals surface area contributed by atoms with Crippen LogP contribution in [-0.2, 0) is 4.79 Å². The van der Waals surface area contributed by atoms with Gasteiger partial charge in [0.1, 0.15) is 6.10 Å². The van der Waals surface area contributed by atoms with Gasteiger partial charge in [-0.1, -0.05) is 17.8 Å². The van der Waals surface area contributed by atoms with E-state index >= 15 is 0 Å². The number of likely N-dealkylation sites (tertiary alicyclic amines) is 2. The van der Waals surface area contributed by atoms with Crippen molar-refractivity contribution in [1.82, 2.24) is 14.8 Å². The number of carbonyl (C=O) groups excluding carboxylic acids is 1. The third-order valence-electron chi connectivity index (χ3n) is 5.90. The van der Waals surface area contributed by atoms with Gasteiger partial charge < -0.3 is 9.64 Å². The van der Waals surface area contributed by atoms with Crippen LogP contribution in [0.15, 0.2) is 11.6 Å². The predicted molar refractivity (Wildman–Crippen MR) is 94.3 cm³/mol. The number of ether oxygens (including phenoxy) is 1. The molecule has 0 spiro atoms. The van der Waals surface area contributed by atoms with Crippen LogP contribution in [0, 0.1) is 5.92 Å². The molecule has 1 amide bonds. The van der Waals surface area contributed by atoms with E-state index in [1.54, 1.807) is 17.5 Å². The molecule has 132 valence electrons. The summed E-state index contributed by atoms with van der Waals surface area (Å²) in [7, 11) is 0. The lowest BCUT2D eigenvalue weighted by Gasteiger charge is -2.42. The fourth-order valence-electron chi connectivity index (χ4n) is 4.13. The van der Waals surface area contributed by atoms with E-state index in [1.807, 2.05) is 5.38 Å². The van der Waals surface area contributed by atoms with Crippen molar-refractivity contribution in [2.45, 2.75) is 57.1 Å². The van der Waals surface area contributed by atoms with Crippen LogP contribution in [0.25, 0.3) is 0 Å². The van der Waals surface area contributed by atoms with Crippen LogP contribution in [-0.4, -0.2) is 59.0 Å². The summed E-state index contributed by atoms with van der Waals surface area (Å²) >= 11 is 1.57. The Morgan fingerprint density at radius 1 is 1.08 bits per heavy atom. The van der Waals surface area contributed by atoms with E-state index in [-0.39, 0.29) is 0 Å². The second-order valence-corrected chi connectivity index (χ2v) is 8.19. The molecule has 0 unspecified atom stereocenters. The van der Waals surface area contributed by atoms with Crippen LogP contribution < -0.4 is 4.74 Å². The molecule has 6 heteroatoms. The molecule has 1 aromatic rings. The Balaban J connectivity index is 1.20. The highest BCUT2D eigenvalue weighted by Gasteiger charge is 2.34. The molecule has 0 atom stereocenters. The molecule has 1 aliphatic carbocycles. The molecule has 2 aliphatic heterocycles. The molecule has 24 heavy (non-hydrogen) atoms. The van der Waals surface area contributed by atoms with Gasteiger partial charge in [-0.15, -0.1) is 0 Å². The van der Waals surface area contributed by atoms with Crippen molar-refractivity contribution >= 4 is 17.2 Å². The van der Waals surface area contributed by atoms with Crippen molar-refractivity contribution in [2.24, 2.45) is 5.92 Å². The molecule has 0 bridgehead atoms. The molecule has 1 saturated carbocycles. The molecule has 3 heterocycles. The van der Waals surface area contributed by atoms with Crippen LogP contribution in [0.2, 0.25) is 0 Å². The molecule has 3 aliphatic rings. The molecule has 3 fully saturated rings. The maximum absolute atomic E-state index is 12.3. The lowest BCUT2D eigenvalue weighted by atomic mass is 9.84. The number of thiazole rings is 1. The quantitative estimate of drug-likeness (QED) is 0.838. The van der Waals surface area contributed by atoms with Crippen molar-refractivity contribution in [1.29, 1.82) is 0 Å². The van der Waals surface area contributed by atoms with E-state index < -0.39 is 0 Å². The number of nitrogens with zero attached hydrogens (tertiary/aromatic N) is 3. The second kappa shape index (κ2) is 7.40. The first kappa shape index (κ1) is 16.3. The average molecular weight is 350 g/mol. The summed E-state index contributed by atoms with van der Waals surface area (Å²) in [5, 5.41) is 2.76. The molecular formula is C18H27N3O2S. The fraction of sp³-hybridized carbons (Fsp3) is 0.778. The highest BCUT2D eigenvalue weighted by Crippen LogP contribution is 2.30. The van der Waals surface area contributed by atoms with Crippen molar-refractivity contribution in [3.05, 3.63) is 11.6 Å². The molecule has 0 aromatic carbocycles. The Bertz CT molecular complexity index is 530. The second-order valence-electron chi connectivity index (χ2n) is 7.34. The van der Waals surface area contributed by atoms with Crippen LogP contribution in [0.3, 0.4) is 0 Å². The molecule has 2 saturated heterocycles. The van der Waals surface area contributed by atoms with Crippen LogP contribution >= 0.6 is 11.3 Å². The monoisotopic (exact) mass is 349 g/mol. The Morgan fingerprint density at radius 3 is 2.42 bits per heavy atom. The molecule has 4 rings (SSSR count). The lowest BCUT2D eigenvalue weighted by Crippen LogP contribution is -2.51.